The Labute approximate surface area is 294 Å². The van der Waals surface area contributed by atoms with E-state index in [1.807, 2.05) is 46.8 Å². The van der Waals surface area contributed by atoms with Crippen molar-refractivity contribution in [3.63, 3.8) is 0 Å². The molecule has 1 saturated heterocycles. The first-order chi connectivity index (χ1) is 23.1. The summed E-state index contributed by atoms with van der Waals surface area (Å²) in [6.45, 7) is 9.54. The number of Topliss-reactive ketones (excluding diaryl/α,β-unsaturated/α-hetero) is 1. The quantitative estimate of drug-likeness (QED) is 0.271. The molecule has 1 spiro atoms. The molecule has 2 heterocycles. The summed E-state index contributed by atoms with van der Waals surface area (Å²) < 4.78 is 0. The summed E-state index contributed by atoms with van der Waals surface area (Å²) in [7, 11) is 0. The molecule has 3 fully saturated rings. The number of likely N-dealkylation sites (tertiary alicyclic amines) is 1. The van der Waals surface area contributed by atoms with Gasteiger partial charge in [0, 0.05) is 35.9 Å². The van der Waals surface area contributed by atoms with E-state index in [0.717, 1.165) is 44.1 Å². The molecule has 3 N–H and O–H groups in total. The van der Waals surface area contributed by atoms with Crippen LogP contribution in [0.2, 0.25) is 5.02 Å². The van der Waals surface area contributed by atoms with Crippen LogP contribution in [0.4, 0.5) is 0 Å². The van der Waals surface area contributed by atoms with Crippen LogP contribution in [0.25, 0.3) is 0 Å². The molecule has 2 saturated carbocycles. The fourth-order valence-corrected chi connectivity index (χ4v) is 7.44. The highest BCUT2D eigenvalue weighted by Gasteiger charge is 2.55. The summed E-state index contributed by atoms with van der Waals surface area (Å²) in [5.41, 5.74) is -0.257. The summed E-state index contributed by atoms with van der Waals surface area (Å²) in [4.78, 5) is 75.8. The summed E-state index contributed by atoms with van der Waals surface area (Å²) in [6, 6.07) is 4.24. The Morgan fingerprint density at radius 3 is 2.39 bits per heavy atom. The van der Waals surface area contributed by atoms with Gasteiger partial charge >= 0.3 is 0 Å². The molecule has 4 atom stereocenters. The maximum absolute atomic E-state index is 14.6. The average molecular weight is 698 g/mol. The van der Waals surface area contributed by atoms with Crippen LogP contribution in [0.15, 0.2) is 29.4 Å². The summed E-state index contributed by atoms with van der Waals surface area (Å²) in [6.07, 6.45) is 8.10. The lowest BCUT2D eigenvalue weighted by Crippen LogP contribution is -2.59. The van der Waals surface area contributed by atoms with Crippen LogP contribution in [0.3, 0.4) is 0 Å². The lowest BCUT2D eigenvalue weighted by atomic mass is 9.84. The monoisotopic (exact) mass is 697 g/mol. The number of nitrogens with zero attached hydrogens (tertiary/aromatic N) is 2. The van der Waals surface area contributed by atoms with E-state index in [0.29, 0.717) is 29.5 Å². The van der Waals surface area contributed by atoms with Gasteiger partial charge in [-0.2, -0.15) is 0 Å². The van der Waals surface area contributed by atoms with E-state index < -0.39 is 52.6 Å². The number of ketones is 1. The van der Waals surface area contributed by atoms with Crippen LogP contribution in [0, 0.1) is 17.3 Å². The molecule has 5 rings (SSSR count). The number of benzene rings is 1. The number of nitrogens with one attached hydrogen (secondary N) is 3. The van der Waals surface area contributed by atoms with Gasteiger partial charge in [0.25, 0.3) is 5.91 Å². The third-order valence-electron chi connectivity index (χ3n) is 10.1. The average Bonchev–Trinajstić information content (AvgIpc) is 3.63. The zero-order valence-corrected chi connectivity index (χ0v) is 30.2. The minimum Gasteiger partial charge on any atom is -0.387 e. The number of hydrogen-bond donors (Lipinski definition) is 3. The van der Waals surface area contributed by atoms with Gasteiger partial charge in [-0.3, -0.25) is 24.0 Å². The SMILES string of the molecule is CC(C)C[C@@H](NC(=O)[C@H]1C[C@]2(CC(c3cccc(Cl)c3)=NO2)CN1C(=O)[C@@H](NC(=O)CC1CCCCC1)C(C)(C)C)C(=O)C(=O)NC1CC1. The summed E-state index contributed by atoms with van der Waals surface area (Å²) >= 11 is 6.26. The topological polar surface area (TPSA) is 146 Å². The molecule has 2 aliphatic heterocycles. The number of amides is 4. The van der Waals surface area contributed by atoms with Crippen LogP contribution in [0.1, 0.15) is 111 Å². The van der Waals surface area contributed by atoms with Crippen molar-refractivity contribution < 1.29 is 28.8 Å². The van der Waals surface area contributed by atoms with E-state index >= 15 is 0 Å². The molecule has 268 valence electrons. The minimum atomic E-state index is -1.06. The van der Waals surface area contributed by atoms with Gasteiger partial charge in [0.1, 0.15) is 12.1 Å². The third kappa shape index (κ3) is 9.41. The Balaban J connectivity index is 1.39. The number of hydrogen-bond acceptors (Lipinski definition) is 7. The molecule has 0 unspecified atom stereocenters. The number of rotatable bonds is 12. The molecule has 2 aliphatic carbocycles. The summed E-state index contributed by atoms with van der Waals surface area (Å²) in [5, 5.41) is 13.5. The molecule has 0 bridgehead atoms. The van der Waals surface area contributed by atoms with E-state index in [-0.39, 0.29) is 37.3 Å². The zero-order valence-electron chi connectivity index (χ0n) is 29.5. The highest BCUT2D eigenvalue weighted by Crippen LogP contribution is 2.40. The van der Waals surface area contributed by atoms with Gasteiger partial charge in [0.05, 0.1) is 18.3 Å². The first-order valence-electron chi connectivity index (χ1n) is 17.9. The van der Waals surface area contributed by atoms with Crippen LogP contribution >= 0.6 is 11.6 Å². The molecular formula is C37H52ClN5O6. The number of carbonyl (C=O) groups excluding carboxylic acids is 5. The molecule has 11 nitrogen and oxygen atoms in total. The van der Waals surface area contributed by atoms with Gasteiger partial charge in [0.2, 0.25) is 23.5 Å². The highest BCUT2D eigenvalue weighted by atomic mass is 35.5. The second-order valence-electron chi connectivity index (χ2n) is 16.1. The third-order valence-corrected chi connectivity index (χ3v) is 10.3. The highest BCUT2D eigenvalue weighted by molar-refractivity contribution is 6.38. The predicted octanol–water partition coefficient (Wildman–Crippen LogP) is 4.68. The smallest absolute Gasteiger partial charge is 0.289 e. The normalized spacial score (nSPS) is 23.9. The number of oxime groups is 1. The molecule has 1 aromatic carbocycles. The summed E-state index contributed by atoms with van der Waals surface area (Å²) in [5.74, 6) is -2.25. The zero-order chi connectivity index (χ0) is 35.5. The molecular weight excluding hydrogens is 646 g/mol. The number of carbonyl (C=O) groups is 5. The maximum Gasteiger partial charge on any atom is 0.289 e. The molecule has 12 heteroatoms. The van der Waals surface area contributed by atoms with Crippen molar-refractivity contribution in [1.29, 1.82) is 0 Å². The molecule has 0 radical (unpaired) electrons. The first-order valence-corrected chi connectivity index (χ1v) is 18.3. The van der Waals surface area contributed by atoms with Crippen LogP contribution < -0.4 is 16.0 Å². The Morgan fingerprint density at radius 1 is 1.04 bits per heavy atom. The van der Waals surface area contributed by atoms with Crippen molar-refractivity contribution in [3.8, 4) is 0 Å². The minimum absolute atomic E-state index is 0.00657. The lowest BCUT2D eigenvalue weighted by Gasteiger charge is -2.36. The van der Waals surface area contributed by atoms with Crippen LogP contribution in [-0.4, -0.2) is 76.3 Å². The van der Waals surface area contributed by atoms with Crippen LogP contribution in [-0.2, 0) is 28.8 Å². The van der Waals surface area contributed by atoms with E-state index in [1.165, 1.54) is 11.3 Å². The standard InChI is InChI=1S/C37H52ClN5O6/c1-22(2)16-27(31(45)34(47)39-26-14-15-26)40-33(46)29-20-37(19-28(42-49-37)24-12-9-13-25(38)18-24)21-43(29)35(48)32(36(3,4)5)41-30(44)17-23-10-7-6-8-11-23/h9,12-13,18,22-23,26-27,29,32H,6-8,10-11,14-17,19-21H2,1-5H3,(H,39,47)(H,40,46)(H,41,44)/t27-,29-,32-,37-/m1/s1. The van der Waals surface area contributed by atoms with Crippen molar-refractivity contribution in [2.45, 2.75) is 135 Å². The van der Waals surface area contributed by atoms with E-state index in [1.54, 1.807) is 12.1 Å². The molecule has 4 aliphatic rings. The number of halogens is 1. The Hall–Kier alpha value is -3.47. The van der Waals surface area contributed by atoms with Crippen molar-refractivity contribution in [1.82, 2.24) is 20.9 Å². The molecule has 0 aromatic heterocycles. The largest absolute Gasteiger partial charge is 0.387 e. The second kappa shape index (κ2) is 15.2. The van der Waals surface area contributed by atoms with E-state index in [9.17, 15) is 24.0 Å². The van der Waals surface area contributed by atoms with Gasteiger partial charge in [-0.25, -0.2) is 0 Å². The van der Waals surface area contributed by atoms with Gasteiger partial charge in [-0.05, 0) is 61.5 Å². The first kappa shape index (κ1) is 36.8. The van der Waals surface area contributed by atoms with Crippen molar-refractivity contribution in [2.24, 2.45) is 22.4 Å². The van der Waals surface area contributed by atoms with Gasteiger partial charge in [-0.1, -0.05) is 82.8 Å². The van der Waals surface area contributed by atoms with Crippen molar-refractivity contribution in [2.75, 3.05) is 6.54 Å². The Kier molecular flexibility index (Phi) is 11.4. The molecule has 49 heavy (non-hydrogen) atoms. The second-order valence-corrected chi connectivity index (χ2v) is 16.5. The van der Waals surface area contributed by atoms with Gasteiger partial charge in [-0.15, -0.1) is 0 Å². The lowest BCUT2D eigenvalue weighted by molar-refractivity contribution is -0.145. The molecule has 4 amide bonds. The fraction of sp³-hybridized carbons (Fsp3) is 0.676. The Morgan fingerprint density at radius 2 is 1.76 bits per heavy atom. The van der Waals surface area contributed by atoms with Crippen LogP contribution in [0.5, 0.6) is 0 Å². The molecule has 1 aromatic rings. The van der Waals surface area contributed by atoms with Gasteiger partial charge in [0.15, 0.2) is 5.60 Å². The van der Waals surface area contributed by atoms with Crippen molar-refractivity contribution in [3.05, 3.63) is 34.9 Å². The van der Waals surface area contributed by atoms with E-state index in [2.05, 4.69) is 21.1 Å². The maximum atomic E-state index is 14.6. The fourth-order valence-electron chi connectivity index (χ4n) is 7.25. The van der Waals surface area contributed by atoms with Gasteiger partial charge < -0.3 is 25.7 Å². The van der Waals surface area contributed by atoms with E-state index in [4.69, 9.17) is 16.4 Å². The predicted molar refractivity (Wildman–Crippen MR) is 187 cm³/mol. The Bertz CT molecular complexity index is 1460. The van der Waals surface area contributed by atoms with Crippen molar-refractivity contribution >= 4 is 46.7 Å².